The van der Waals surface area contributed by atoms with E-state index in [0.717, 1.165) is 12.8 Å². The van der Waals surface area contributed by atoms with E-state index in [1.807, 2.05) is 6.92 Å². The van der Waals surface area contributed by atoms with Crippen molar-refractivity contribution in [3.05, 3.63) is 12.5 Å². The van der Waals surface area contributed by atoms with Crippen molar-refractivity contribution in [2.75, 3.05) is 6.54 Å². The Morgan fingerprint density at radius 2 is 2.26 bits per heavy atom. The first-order valence-corrected chi connectivity index (χ1v) is 7.47. The maximum Gasteiger partial charge on any atom is 0.263 e. The number of nitrogens with zero attached hydrogens (tertiary/aromatic N) is 4. The third-order valence-corrected chi connectivity index (χ3v) is 5.04. The molecule has 1 aliphatic rings. The fourth-order valence-corrected chi connectivity index (χ4v) is 3.91. The number of isocyanates is 1. The maximum absolute atomic E-state index is 12.5. The van der Waals surface area contributed by atoms with Gasteiger partial charge in [0.05, 0.1) is 6.33 Å². The van der Waals surface area contributed by atoms with Crippen molar-refractivity contribution in [1.29, 1.82) is 0 Å². The normalized spacial score (nSPS) is 24.9. The molecule has 2 atom stereocenters. The molecular formula is C11H16N4O3S. The zero-order valence-electron chi connectivity index (χ0n) is 10.9. The van der Waals surface area contributed by atoms with Crippen LogP contribution in [0.2, 0.25) is 0 Å². The first-order chi connectivity index (χ1) is 8.96. The van der Waals surface area contributed by atoms with Crippen LogP contribution in [0.25, 0.3) is 0 Å². The average Bonchev–Trinajstić information content (AvgIpc) is 2.79. The molecule has 0 radical (unpaired) electrons. The molecule has 1 aromatic heterocycles. The number of sulfonamides is 1. The van der Waals surface area contributed by atoms with Crippen molar-refractivity contribution in [3.8, 4) is 0 Å². The van der Waals surface area contributed by atoms with Crippen molar-refractivity contribution in [2.45, 2.75) is 31.0 Å². The molecule has 104 valence electrons. The highest BCUT2D eigenvalue weighted by molar-refractivity contribution is 7.89. The van der Waals surface area contributed by atoms with E-state index in [2.05, 4.69) is 9.98 Å². The van der Waals surface area contributed by atoms with E-state index in [4.69, 9.17) is 0 Å². The summed E-state index contributed by atoms with van der Waals surface area (Å²) >= 11 is 0. The van der Waals surface area contributed by atoms with Gasteiger partial charge in [-0.25, -0.2) is 18.2 Å². The van der Waals surface area contributed by atoms with Crippen LogP contribution < -0.4 is 0 Å². The van der Waals surface area contributed by atoms with E-state index in [9.17, 15) is 13.2 Å². The lowest BCUT2D eigenvalue weighted by Crippen LogP contribution is -2.46. The summed E-state index contributed by atoms with van der Waals surface area (Å²) in [5.41, 5.74) is 0. The number of piperidine rings is 1. The molecule has 7 nitrogen and oxygen atoms in total. The number of hydrogen-bond donors (Lipinski definition) is 0. The molecule has 0 aliphatic carbocycles. The summed E-state index contributed by atoms with van der Waals surface area (Å²) in [7, 11) is -2.02. The Kier molecular flexibility index (Phi) is 3.84. The molecular weight excluding hydrogens is 268 g/mol. The Morgan fingerprint density at radius 1 is 1.53 bits per heavy atom. The van der Waals surface area contributed by atoms with Gasteiger partial charge >= 0.3 is 0 Å². The van der Waals surface area contributed by atoms with Crippen LogP contribution in [-0.2, 0) is 21.9 Å². The predicted octanol–water partition coefficient (Wildman–Crippen LogP) is 0.503. The lowest BCUT2D eigenvalue weighted by Gasteiger charge is -2.34. The minimum atomic E-state index is -3.72. The Labute approximate surface area is 112 Å². The van der Waals surface area contributed by atoms with Gasteiger partial charge < -0.3 is 4.57 Å². The van der Waals surface area contributed by atoms with Gasteiger partial charge in [0.2, 0.25) is 6.08 Å². The number of aromatic nitrogens is 2. The van der Waals surface area contributed by atoms with Gasteiger partial charge in [-0.2, -0.15) is 9.30 Å². The van der Waals surface area contributed by atoms with Crippen LogP contribution in [0.3, 0.4) is 0 Å². The first-order valence-electron chi connectivity index (χ1n) is 6.03. The van der Waals surface area contributed by atoms with Crippen LogP contribution in [0.15, 0.2) is 22.5 Å². The molecule has 0 N–H and O–H groups in total. The monoisotopic (exact) mass is 284 g/mol. The molecule has 8 heteroatoms. The zero-order chi connectivity index (χ0) is 14.0. The topological polar surface area (TPSA) is 84.6 Å². The van der Waals surface area contributed by atoms with Gasteiger partial charge in [0.25, 0.3) is 10.0 Å². The lowest BCUT2D eigenvalue weighted by molar-refractivity contribution is 0.193. The Morgan fingerprint density at radius 3 is 2.84 bits per heavy atom. The summed E-state index contributed by atoms with van der Waals surface area (Å²) < 4.78 is 27.8. The standard InChI is InChI=1S/C11H16N4O3S/c1-9-4-3-5-15(11(9)13-8-16)19(17,18)10-6-14(2)7-12-10/h6-7,9,11H,3-5H2,1-2H3. The molecule has 0 aromatic carbocycles. The fourth-order valence-electron chi connectivity index (χ4n) is 2.28. The highest BCUT2D eigenvalue weighted by atomic mass is 32.2. The minimum Gasteiger partial charge on any atom is -0.339 e. The Hall–Kier alpha value is -1.50. The van der Waals surface area contributed by atoms with E-state index in [-0.39, 0.29) is 10.9 Å². The van der Waals surface area contributed by atoms with Crippen LogP contribution in [-0.4, -0.2) is 41.1 Å². The number of carbonyl (C=O) groups excluding carboxylic acids is 1. The van der Waals surface area contributed by atoms with Gasteiger partial charge in [0.15, 0.2) is 5.03 Å². The molecule has 19 heavy (non-hydrogen) atoms. The van der Waals surface area contributed by atoms with E-state index >= 15 is 0 Å². The molecule has 2 rings (SSSR count). The molecule has 0 saturated carbocycles. The molecule has 0 spiro atoms. The summed E-state index contributed by atoms with van der Waals surface area (Å²) in [6, 6.07) is 0. The Balaban J connectivity index is 2.40. The summed E-state index contributed by atoms with van der Waals surface area (Å²) in [6.07, 6.45) is 5.24. The molecule has 1 fully saturated rings. The van der Waals surface area contributed by atoms with Crippen LogP contribution in [0, 0.1) is 5.92 Å². The summed E-state index contributed by atoms with van der Waals surface area (Å²) in [5, 5.41) is -0.0183. The molecule has 2 unspecified atom stereocenters. The number of aryl methyl sites for hydroxylation is 1. The van der Waals surface area contributed by atoms with Crippen molar-refractivity contribution >= 4 is 16.1 Å². The third-order valence-electron chi connectivity index (χ3n) is 3.28. The van der Waals surface area contributed by atoms with Gasteiger partial charge in [-0.05, 0) is 18.8 Å². The summed E-state index contributed by atoms with van der Waals surface area (Å²) in [5.74, 6) is -0.00585. The number of hydrogen-bond acceptors (Lipinski definition) is 5. The smallest absolute Gasteiger partial charge is 0.263 e. The lowest BCUT2D eigenvalue weighted by atomic mass is 9.98. The van der Waals surface area contributed by atoms with E-state index in [1.165, 1.54) is 22.9 Å². The van der Waals surface area contributed by atoms with Crippen molar-refractivity contribution in [3.63, 3.8) is 0 Å². The number of rotatable bonds is 3. The first kappa shape index (κ1) is 13.9. The van der Waals surface area contributed by atoms with Crippen LogP contribution in [0.1, 0.15) is 19.8 Å². The van der Waals surface area contributed by atoms with Gasteiger partial charge in [-0.3, -0.25) is 0 Å². The summed E-state index contributed by atoms with van der Waals surface area (Å²) in [6.45, 7) is 2.23. The third kappa shape index (κ3) is 2.60. The Bertz CT molecular complexity index is 603. The average molecular weight is 284 g/mol. The SMILES string of the molecule is CC1CCCN(S(=O)(=O)c2cn(C)cn2)C1N=C=O. The number of imidazole rings is 1. The van der Waals surface area contributed by atoms with E-state index in [1.54, 1.807) is 11.6 Å². The quantitative estimate of drug-likeness (QED) is 0.597. The van der Waals surface area contributed by atoms with Gasteiger partial charge in [0, 0.05) is 19.8 Å². The van der Waals surface area contributed by atoms with Crippen molar-refractivity contribution in [1.82, 2.24) is 13.9 Å². The largest absolute Gasteiger partial charge is 0.339 e. The molecule has 1 aromatic rings. The number of aliphatic imine (C=N–C) groups is 1. The molecule has 1 aliphatic heterocycles. The van der Waals surface area contributed by atoms with Crippen LogP contribution in [0.5, 0.6) is 0 Å². The molecule has 0 amide bonds. The predicted molar refractivity (Wildman–Crippen MR) is 67.4 cm³/mol. The second kappa shape index (κ2) is 5.24. The van der Waals surface area contributed by atoms with Crippen molar-refractivity contribution in [2.24, 2.45) is 18.0 Å². The fraction of sp³-hybridized carbons (Fsp3) is 0.636. The van der Waals surface area contributed by atoms with Crippen molar-refractivity contribution < 1.29 is 13.2 Å². The van der Waals surface area contributed by atoms with Gasteiger partial charge in [-0.15, -0.1) is 0 Å². The van der Waals surface area contributed by atoms with E-state index < -0.39 is 16.2 Å². The highest BCUT2D eigenvalue weighted by Gasteiger charge is 2.38. The van der Waals surface area contributed by atoms with Crippen LogP contribution >= 0.6 is 0 Å². The van der Waals surface area contributed by atoms with E-state index in [0.29, 0.717) is 6.54 Å². The highest BCUT2D eigenvalue weighted by Crippen LogP contribution is 2.28. The zero-order valence-corrected chi connectivity index (χ0v) is 11.7. The second-order valence-electron chi connectivity index (χ2n) is 4.75. The van der Waals surface area contributed by atoms with Crippen LogP contribution in [0.4, 0.5) is 0 Å². The molecule has 1 saturated heterocycles. The second-order valence-corrected chi connectivity index (χ2v) is 6.58. The van der Waals surface area contributed by atoms with Gasteiger partial charge in [0.1, 0.15) is 6.17 Å². The molecule has 2 heterocycles. The van der Waals surface area contributed by atoms with Gasteiger partial charge in [-0.1, -0.05) is 6.92 Å². The molecule has 0 bridgehead atoms. The summed E-state index contributed by atoms with van der Waals surface area (Å²) in [4.78, 5) is 18.0. The maximum atomic E-state index is 12.5. The minimum absolute atomic E-state index is 0.00585.